The third-order valence-electron chi connectivity index (χ3n) is 1.61. The predicted molar refractivity (Wildman–Crippen MR) is 53.6 cm³/mol. The second-order valence-electron chi connectivity index (χ2n) is 4.36. The first-order chi connectivity index (χ1) is 6.78. The molecule has 0 radical (unpaired) electrons. The third kappa shape index (κ3) is 3.65. The van der Waals surface area contributed by atoms with Crippen molar-refractivity contribution in [1.82, 2.24) is 5.32 Å². The Kier molecular flexibility index (Phi) is 3.07. The molecular formula is C11H13F2NO. The van der Waals surface area contributed by atoms with Gasteiger partial charge in [-0.3, -0.25) is 4.79 Å². The van der Waals surface area contributed by atoms with Crippen molar-refractivity contribution in [3.8, 4) is 0 Å². The minimum atomic E-state index is -0.756. The molecule has 1 aromatic carbocycles. The topological polar surface area (TPSA) is 29.1 Å². The summed E-state index contributed by atoms with van der Waals surface area (Å²) < 4.78 is 25.6. The molecule has 2 nitrogen and oxygen atoms in total. The molecule has 0 heterocycles. The lowest BCUT2D eigenvalue weighted by atomic mass is 10.1. The molecule has 1 N–H and O–H groups in total. The molecular weight excluding hydrogens is 200 g/mol. The normalized spacial score (nSPS) is 11.3. The molecule has 1 aromatic rings. The van der Waals surface area contributed by atoms with E-state index in [1.165, 1.54) is 0 Å². The van der Waals surface area contributed by atoms with Crippen LogP contribution in [0.2, 0.25) is 0 Å². The second-order valence-corrected chi connectivity index (χ2v) is 4.36. The Morgan fingerprint density at radius 1 is 1.13 bits per heavy atom. The standard InChI is InChI=1S/C11H13F2NO/c1-11(2,3)14-10(15)7-4-8(12)6-9(13)5-7/h4-6H,1-3H3,(H,14,15). The zero-order valence-electron chi connectivity index (χ0n) is 8.90. The Bertz CT molecular complexity index is 362. The molecule has 0 spiro atoms. The van der Waals surface area contributed by atoms with Gasteiger partial charge in [0.15, 0.2) is 0 Å². The highest BCUT2D eigenvalue weighted by molar-refractivity contribution is 5.94. The first-order valence-corrected chi connectivity index (χ1v) is 4.56. The lowest BCUT2D eigenvalue weighted by Crippen LogP contribution is -2.40. The van der Waals surface area contributed by atoms with Crippen LogP contribution in [0, 0.1) is 11.6 Å². The van der Waals surface area contributed by atoms with E-state index in [0.29, 0.717) is 0 Å². The number of amides is 1. The van der Waals surface area contributed by atoms with E-state index in [9.17, 15) is 13.6 Å². The minimum absolute atomic E-state index is 0.0116. The summed E-state index contributed by atoms with van der Waals surface area (Å²) in [5.41, 5.74) is -0.442. The maximum absolute atomic E-state index is 12.8. The van der Waals surface area contributed by atoms with Crippen LogP contribution in [0.5, 0.6) is 0 Å². The number of hydrogen-bond acceptors (Lipinski definition) is 1. The summed E-state index contributed by atoms with van der Waals surface area (Å²) in [5, 5.41) is 2.62. The van der Waals surface area contributed by atoms with E-state index < -0.39 is 23.1 Å². The fourth-order valence-electron chi connectivity index (χ4n) is 1.10. The largest absolute Gasteiger partial charge is 0.347 e. The van der Waals surface area contributed by atoms with Crippen LogP contribution in [-0.4, -0.2) is 11.4 Å². The Labute approximate surface area is 87.3 Å². The predicted octanol–water partition coefficient (Wildman–Crippen LogP) is 2.49. The maximum atomic E-state index is 12.8. The molecule has 0 aromatic heterocycles. The van der Waals surface area contributed by atoms with E-state index >= 15 is 0 Å². The van der Waals surface area contributed by atoms with Crippen LogP contribution in [0.15, 0.2) is 18.2 Å². The Morgan fingerprint density at radius 2 is 1.60 bits per heavy atom. The molecule has 0 unspecified atom stereocenters. The highest BCUT2D eigenvalue weighted by Gasteiger charge is 2.16. The minimum Gasteiger partial charge on any atom is -0.347 e. The zero-order chi connectivity index (χ0) is 11.6. The van der Waals surface area contributed by atoms with Gasteiger partial charge in [-0.15, -0.1) is 0 Å². The van der Waals surface area contributed by atoms with Crippen molar-refractivity contribution in [1.29, 1.82) is 0 Å². The summed E-state index contributed by atoms with van der Waals surface area (Å²) in [6.07, 6.45) is 0. The number of rotatable bonds is 1. The van der Waals surface area contributed by atoms with Crippen molar-refractivity contribution < 1.29 is 13.6 Å². The summed E-state index contributed by atoms with van der Waals surface area (Å²) in [6.45, 7) is 5.38. The monoisotopic (exact) mass is 213 g/mol. The molecule has 1 amide bonds. The van der Waals surface area contributed by atoms with Crippen LogP contribution in [-0.2, 0) is 0 Å². The van der Waals surface area contributed by atoms with E-state index in [0.717, 1.165) is 18.2 Å². The van der Waals surface area contributed by atoms with Crippen molar-refractivity contribution in [2.45, 2.75) is 26.3 Å². The smallest absolute Gasteiger partial charge is 0.251 e. The number of halogens is 2. The highest BCUT2D eigenvalue weighted by Crippen LogP contribution is 2.09. The SMILES string of the molecule is CC(C)(C)NC(=O)c1cc(F)cc(F)c1. The van der Waals surface area contributed by atoms with Gasteiger partial charge in [0.25, 0.3) is 5.91 Å². The van der Waals surface area contributed by atoms with Crippen LogP contribution in [0.4, 0.5) is 8.78 Å². The molecule has 0 aliphatic carbocycles. The second kappa shape index (κ2) is 3.96. The van der Waals surface area contributed by atoms with Crippen LogP contribution in [0.3, 0.4) is 0 Å². The number of carbonyl (C=O) groups excluding carboxylic acids is 1. The first-order valence-electron chi connectivity index (χ1n) is 4.56. The van der Waals surface area contributed by atoms with Crippen LogP contribution in [0.1, 0.15) is 31.1 Å². The summed E-state index contributed by atoms with van der Waals surface area (Å²) in [4.78, 5) is 11.5. The molecule has 82 valence electrons. The van der Waals surface area contributed by atoms with Gasteiger partial charge in [0.2, 0.25) is 0 Å². The molecule has 0 saturated heterocycles. The summed E-state index contributed by atoms with van der Waals surface area (Å²) >= 11 is 0. The highest BCUT2D eigenvalue weighted by atomic mass is 19.1. The molecule has 0 saturated carbocycles. The van der Waals surface area contributed by atoms with Gasteiger partial charge in [0.05, 0.1) is 0 Å². The third-order valence-corrected chi connectivity index (χ3v) is 1.61. The number of benzene rings is 1. The molecule has 1 rings (SSSR count). The van der Waals surface area contributed by atoms with Crippen molar-refractivity contribution in [3.63, 3.8) is 0 Å². The van der Waals surface area contributed by atoms with E-state index in [2.05, 4.69) is 5.32 Å². The maximum Gasteiger partial charge on any atom is 0.251 e. The molecule has 0 bridgehead atoms. The van der Waals surface area contributed by atoms with Gasteiger partial charge in [-0.1, -0.05) is 0 Å². The van der Waals surface area contributed by atoms with Crippen molar-refractivity contribution in [2.75, 3.05) is 0 Å². The van der Waals surface area contributed by atoms with E-state index in [1.807, 2.05) is 0 Å². The summed E-state index contributed by atoms with van der Waals surface area (Å²) in [6, 6.07) is 2.74. The fraction of sp³-hybridized carbons (Fsp3) is 0.364. The average Bonchev–Trinajstić information content (AvgIpc) is 1.98. The molecule has 15 heavy (non-hydrogen) atoms. The summed E-state index contributed by atoms with van der Waals surface area (Å²) in [5.74, 6) is -2.00. The van der Waals surface area contributed by atoms with Gasteiger partial charge < -0.3 is 5.32 Å². The van der Waals surface area contributed by atoms with Gasteiger partial charge in [-0.25, -0.2) is 8.78 Å². The number of hydrogen-bond donors (Lipinski definition) is 1. The van der Waals surface area contributed by atoms with Crippen LogP contribution in [0.25, 0.3) is 0 Å². The average molecular weight is 213 g/mol. The zero-order valence-corrected chi connectivity index (χ0v) is 8.90. The van der Waals surface area contributed by atoms with E-state index in [4.69, 9.17) is 0 Å². The Balaban J connectivity index is 2.92. The van der Waals surface area contributed by atoms with Gasteiger partial charge in [-0.05, 0) is 32.9 Å². The van der Waals surface area contributed by atoms with Gasteiger partial charge >= 0.3 is 0 Å². The van der Waals surface area contributed by atoms with Gasteiger partial charge in [0.1, 0.15) is 11.6 Å². The lowest BCUT2D eigenvalue weighted by Gasteiger charge is -2.20. The van der Waals surface area contributed by atoms with Crippen molar-refractivity contribution in [2.24, 2.45) is 0 Å². The number of carbonyl (C=O) groups is 1. The quantitative estimate of drug-likeness (QED) is 0.763. The van der Waals surface area contributed by atoms with E-state index in [1.54, 1.807) is 20.8 Å². The Morgan fingerprint density at radius 3 is 2.00 bits per heavy atom. The molecule has 0 atom stereocenters. The van der Waals surface area contributed by atoms with Crippen molar-refractivity contribution in [3.05, 3.63) is 35.4 Å². The van der Waals surface area contributed by atoms with E-state index in [-0.39, 0.29) is 5.56 Å². The molecule has 0 aliphatic rings. The van der Waals surface area contributed by atoms with Crippen LogP contribution < -0.4 is 5.32 Å². The fourth-order valence-corrected chi connectivity index (χ4v) is 1.10. The first kappa shape index (κ1) is 11.6. The van der Waals surface area contributed by atoms with Gasteiger partial charge in [-0.2, -0.15) is 0 Å². The van der Waals surface area contributed by atoms with Gasteiger partial charge in [0, 0.05) is 17.2 Å². The number of nitrogens with one attached hydrogen (secondary N) is 1. The summed E-state index contributed by atoms with van der Waals surface area (Å²) in [7, 11) is 0. The lowest BCUT2D eigenvalue weighted by molar-refractivity contribution is 0.0918. The molecule has 4 heteroatoms. The van der Waals surface area contributed by atoms with Crippen LogP contribution >= 0.6 is 0 Å². The molecule has 0 aliphatic heterocycles. The molecule has 0 fully saturated rings. The Hall–Kier alpha value is -1.45. The van der Waals surface area contributed by atoms with Crippen molar-refractivity contribution >= 4 is 5.91 Å².